The molecule has 0 heterocycles. The Bertz CT molecular complexity index is 368. The molecule has 3 N–H and O–H groups in total. The average Bonchev–Trinajstić information content (AvgIpc) is 2.38. The summed E-state index contributed by atoms with van der Waals surface area (Å²) in [6.45, 7) is 11.4. The number of hydrogen-bond donors (Lipinski definition) is 2. The fourth-order valence-electron chi connectivity index (χ4n) is 4.44. The van der Waals surface area contributed by atoms with Crippen molar-refractivity contribution in [2.75, 3.05) is 33.7 Å². The van der Waals surface area contributed by atoms with Gasteiger partial charge in [-0.2, -0.15) is 0 Å². The predicted molar refractivity (Wildman–Crippen MR) is 90.5 cm³/mol. The van der Waals surface area contributed by atoms with Gasteiger partial charge < -0.3 is 10.2 Å². The lowest BCUT2D eigenvalue weighted by Gasteiger charge is -2.42. The van der Waals surface area contributed by atoms with E-state index in [-0.39, 0.29) is 0 Å². The zero-order chi connectivity index (χ0) is 15.5. The molecule has 0 aromatic heterocycles. The van der Waals surface area contributed by atoms with E-state index in [0.29, 0.717) is 5.41 Å². The molecular weight excluding hydrogens is 256 g/mol. The van der Waals surface area contributed by atoms with Gasteiger partial charge >= 0.3 is 0 Å². The van der Waals surface area contributed by atoms with Crippen LogP contribution in [0.1, 0.15) is 59.3 Å². The van der Waals surface area contributed by atoms with Gasteiger partial charge in [0.15, 0.2) is 0 Å². The lowest BCUT2D eigenvalue weighted by molar-refractivity contribution is -0.860. The van der Waals surface area contributed by atoms with Gasteiger partial charge in [-0.15, -0.1) is 0 Å². The van der Waals surface area contributed by atoms with Gasteiger partial charge in [-0.05, 0) is 43.4 Å². The third-order valence-corrected chi connectivity index (χ3v) is 5.92. The van der Waals surface area contributed by atoms with E-state index in [4.69, 9.17) is 0 Å². The van der Waals surface area contributed by atoms with E-state index >= 15 is 0 Å². The van der Waals surface area contributed by atoms with Crippen LogP contribution < -0.4 is 10.2 Å². The van der Waals surface area contributed by atoms with Crippen LogP contribution in [-0.2, 0) is 0 Å². The SMILES string of the molecule is C[C@H]1CC2=C(C[C@H]1C[NH2+]CCC[NH+](C)C)C(C)(C)CCC2. The first-order valence-corrected chi connectivity index (χ1v) is 9.22. The third-order valence-electron chi connectivity index (χ3n) is 5.92. The highest BCUT2D eigenvalue weighted by atomic mass is 15.1. The van der Waals surface area contributed by atoms with Gasteiger partial charge in [0.2, 0.25) is 0 Å². The molecule has 0 aromatic rings. The molecular formula is C19H38N2+2. The molecule has 0 aliphatic heterocycles. The van der Waals surface area contributed by atoms with Crippen molar-refractivity contribution in [1.82, 2.24) is 0 Å². The Morgan fingerprint density at radius 3 is 2.71 bits per heavy atom. The third kappa shape index (κ3) is 4.56. The minimum absolute atomic E-state index is 0.486. The van der Waals surface area contributed by atoms with Crippen LogP contribution in [0.3, 0.4) is 0 Å². The molecule has 2 aliphatic rings. The number of nitrogens with one attached hydrogen (secondary N) is 1. The molecule has 0 bridgehead atoms. The van der Waals surface area contributed by atoms with Crippen LogP contribution in [0, 0.1) is 17.3 Å². The van der Waals surface area contributed by atoms with E-state index < -0.39 is 0 Å². The van der Waals surface area contributed by atoms with Gasteiger partial charge in [-0.25, -0.2) is 0 Å². The highest BCUT2D eigenvalue weighted by molar-refractivity contribution is 5.27. The molecule has 0 unspecified atom stereocenters. The van der Waals surface area contributed by atoms with Crippen LogP contribution in [0.15, 0.2) is 11.1 Å². The number of hydrogen-bond acceptors (Lipinski definition) is 0. The summed E-state index contributed by atoms with van der Waals surface area (Å²) in [5.41, 5.74) is 4.18. The van der Waals surface area contributed by atoms with Crippen molar-refractivity contribution < 1.29 is 10.2 Å². The van der Waals surface area contributed by atoms with Gasteiger partial charge in [-0.3, -0.25) is 0 Å². The quantitative estimate of drug-likeness (QED) is 0.549. The van der Waals surface area contributed by atoms with Crippen LogP contribution in [0.2, 0.25) is 0 Å². The van der Waals surface area contributed by atoms with Gasteiger partial charge in [0, 0.05) is 12.3 Å². The Balaban J connectivity index is 1.84. The monoisotopic (exact) mass is 294 g/mol. The maximum atomic E-state index is 2.59. The molecule has 0 saturated carbocycles. The van der Waals surface area contributed by atoms with E-state index in [9.17, 15) is 0 Å². The molecule has 0 radical (unpaired) electrons. The van der Waals surface area contributed by atoms with Gasteiger partial charge in [0.25, 0.3) is 0 Å². The number of rotatable bonds is 6. The summed E-state index contributed by atoms with van der Waals surface area (Å²) < 4.78 is 0. The smallest absolute Gasteiger partial charge is 0.0821 e. The van der Waals surface area contributed by atoms with Gasteiger partial charge in [-0.1, -0.05) is 31.9 Å². The molecule has 0 amide bonds. The number of quaternary nitrogens is 2. The predicted octanol–water partition coefficient (Wildman–Crippen LogP) is 1.64. The van der Waals surface area contributed by atoms with Crippen LogP contribution in [0.25, 0.3) is 0 Å². The van der Waals surface area contributed by atoms with Crippen LogP contribution >= 0.6 is 0 Å². The molecule has 2 atom stereocenters. The summed E-state index contributed by atoms with van der Waals surface area (Å²) in [4.78, 5) is 1.58. The fraction of sp³-hybridized carbons (Fsp3) is 0.895. The summed E-state index contributed by atoms with van der Waals surface area (Å²) in [5.74, 6) is 1.81. The molecule has 122 valence electrons. The zero-order valence-corrected chi connectivity index (χ0v) is 15.1. The maximum Gasteiger partial charge on any atom is 0.0821 e. The van der Waals surface area contributed by atoms with E-state index in [0.717, 1.165) is 11.8 Å². The van der Waals surface area contributed by atoms with Gasteiger partial charge in [0.1, 0.15) is 0 Å². The summed E-state index contributed by atoms with van der Waals surface area (Å²) in [5, 5.41) is 2.59. The Morgan fingerprint density at radius 1 is 1.24 bits per heavy atom. The summed E-state index contributed by atoms with van der Waals surface area (Å²) in [7, 11) is 4.50. The molecule has 0 fully saturated rings. The molecule has 2 rings (SSSR count). The Kier molecular flexibility index (Phi) is 5.90. The minimum atomic E-state index is 0.486. The van der Waals surface area contributed by atoms with Crippen molar-refractivity contribution in [3.05, 3.63) is 11.1 Å². The number of nitrogens with two attached hydrogens (primary N) is 1. The highest BCUT2D eigenvalue weighted by Crippen LogP contribution is 2.48. The molecule has 0 spiro atoms. The summed E-state index contributed by atoms with van der Waals surface area (Å²) >= 11 is 0. The standard InChI is InChI=1S/C19H36N2/c1-15-12-16-8-6-9-19(2,3)18(16)13-17(15)14-20-10-7-11-21(4)5/h15,17,20H,6-14H2,1-5H3/p+2/t15-,17-/m0/s1. The molecule has 0 saturated heterocycles. The Morgan fingerprint density at radius 2 is 2.00 bits per heavy atom. The van der Waals surface area contributed by atoms with Crippen molar-refractivity contribution >= 4 is 0 Å². The summed E-state index contributed by atoms with van der Waals surface area (Å²) in [6.07, 6.45) is 8.34. The van der Waals surface area contributed by atoms with Crippen molar-refractivity contribution in [3.8, 4) is 0 Å². The highest BCUT2D eigenvalue weighted by Gasteiger charge is 2.37. The Hall–Kier alpha value is -0.340. The van der Waals surface area contributed by atoms with E-state index in [1.165, 1.54) is 58.2 Å². The molecule has 0 aromatic carbocycles. The largest absolute Gasteiger partial charge is 0.346 e. The first-order valence-electron chi connectivity index (χ1n) is 9.22. The van der Waals surface area contributed by atoms with E-state index in [1.807, 2.05) is 11.1 Å². The lowest BCUT2D eigenvalue weighted by Crippen LogP contribution is -3.06. The maximum absolute atomic E-state index is 2.59. The fourth-order valence-corrected chi connectivity index (χ4v) is 4.44. The van der Waals surface area contributed by atoms with Crippen molar-refractivity contribution in [2.24, 2.45) is 17.3 Å². The Labute approximate surface area is 132 Å². The lowest BCUT2D eigenvalue weighted by atomic mass is 9.63. The van der Waals surface area contributed by atoms with Crippen molar-refractivity contribution in [3.63, 3.8) is 0 Å². The second-order valence-corrected chi connectivity index (χ2v) is 8.59. The molecule has 2 aliphatic carbocycles. The first-order chi connectivity index (χ1) is 9.90. The second kappa shape index (κ2) is 7.28. The average molecular weight is 295 g/mol. The molecule has 2 nitrogen and oxygen atoms in total. The summed E-state index contributed by atoms with van der Waals surface area (Å²) in [6, 6.07) is 0. The van der Waals surface area contributed by atoms with E-state index in [2.05, 4.69) is 40.2 Å². The molecule has 2 heteroatoms. The van der Waals surface area contributed by atoms with E-state index in [1.54, 1.807) is 4.90 Å². The van der Waals surface area contributed by atoms with Crippen LogP contribution in [-0.4, -0.2) is 33.7 Å². The first kappa shape index (κ1) is 17.0. The topological polar surface area (TPSA) is 21.1 Å². The van der Waals surface area contributed by atoms with Crippen LogP contribution in [0.5, 0.6) is 0 Å². The van der Waals surface area contributed by atoms with Crippen molar-refractivity contribution in [1.29, 1.82) is 0 Å². The van der Waals surface area contributed by atoms with Crippen LogP contribution in [0.4, 0.5) is 0 Å². The zero-order valence-electron chi connectivity index (χ0n) is 15.1. The van der Waals surface area contributed by atoms with Gasteiger partial charge in [0.05, 0.1) is 33.7 Å². The normalized spacial score (nSPS) is 28.9. The minimum Gasteiger partial charge on any atom is -0.346 e. The second-order valence-electron chi connectivity index (χ2n) is 8.59. The number of allylic oxidation sites excluding steroid dienone is 2. The molecule has 21 heavy (non-hydrogen) atoms. The van der Waals surface area contributed by atoms with Crippen molar-refractivity contribution in [2.45, 2.75) is 59.3 Å².